The molecule has 0 atom stereocenters. The number of hydrogen-bond acceptors (Lipinski definition) is 5. The van der Waals surface area contributed by atoms with Crippen molar-refractivity contribution in [3.05, 3.63) is 59.2 Å². The van der Waals surface area contributed by atoms with E-state index in [0.717, 1.165) is 0 Å². The Labute approximate surface area is 134 Å². The minimum atomic E-state index is -0.434. The largest absolute Gasteiger partial charge is 0.507 e. The van der Waals surface area contributed by atoms with E-state index in [9.17, 15) is 14.7 Å². The Balaban J connectivity index is 2.41. The molecule has 0 radical (unpaired) electrons. The van der Waals surface area contributed by atoms with E-state index in [0.29, 0.717) is 23.5 Å². The van der Waals surface area contributed by atoms with Crippen LogP contribution in [0.2, 0.25) is 0 Å². The first-order chi connectivity index (χ1) is 11.0. The Morgan fingerprint density at radius 2 is 1.83 bits per heavy atom. The van der Waals surface area contributed by atoms with Gasteiger partial charge >= 0.3 is 5.97 Å². The number of carbonyl (C=O) groups excluding carboxylic acids is 2. The van der Waals surface area contributed by atoms with Crippen molar-refractivity contribution in [2.45, 2.75) is 20.5 Å². The molecule has 0 fully saturated rings. The average Bonchev–Trinajstić information content (AvgIpc) is 2.54. The molecule has 0 unspecified atom stereocenters. The number of carbonyl (C=O) groups is 2. The average molecular weight is 314 g/mol. The zero-order valence-corrected chi connectivity index (χ0v) is 13.0. The fourth-order valence-electron chi connectivity index (χ4n) is 2.12. The van der Waals surface area contributed by atoms with Crippen molar-refractivity contribution in [2.24, 2.45) is 0 Å². The van der Waals surface area contributed by atoms with Crippen LogP contribution in [0.25, 0.3) is 0 Å². The van der Waals surface area contributed by atoms with E-state index in [1.165, 1.54) is 19.1 Å². The van der Waals surface area contributed by atoms with Gasteiger partial charge < -0.3 is 14.6 Å². The number of esters is 1. The molecular weight excluding hydrogens is 296 g/mol. The highest BCUT2D eigenvalue weighted by molar-refractivity contribution is 6.10. The summed E-state index contributed by atoms with van der Waals surface area (Å²) in [6, 6.07) is 11.5. The number of ether oxygens (including phenoxy) is 2. The molecule has 2 rings (SSSR count). The summed E-state index contributed by atoms with van der Waals surface area (Å²) in [7, 11) is 0. The molecule has 0 heterocycles. The normalized spacial score (nSPS) is 10.2. The maximum atomic E-state index is 12.5. The van der Waals surface area contributed by atoms with Crippen LogP contribution in [-0.2, 0) is 16.1 Å². The summed E-state index contributed by atoms with van der Waals surface area (Å²) >= 11 is 0. The molecule has 2 aromatic carbocycles. The number of phenolic OH excluding ortho intramolecular Hbond substituents is 1. The molecule has 5 nitrogen and oxygen atoms in total. The van der Waals surface area contributed by atoms with Crippen LogP contribution in [0.3, 0.4) is 0 Å². The zero-order valence-electron chi connectivity index (χ0n) is 13.0. The Kier molecular flexibility index (Phi) is 5.36. The van der Waals surface area contributed by atoms with Gasteiger partial charge in [0.1, 0.15) is 18.1 Å². The van der Waals surface area contributed by atoms with Crippen LogP contribution < -0.4 is 4.74 Å². The predicted octanol–water partition coefficient (Wildman–Crippen LogP) is 3.09. The number of ketones is 1. The summed E-state index contributed by atoms with van der Waals surface area (Å²) in [4.78, 5) is 23.5. The molecule has 2 aromatic rings. The summed E-state index contributed by atoms with van der Waals surface area (Å²) in [5, 5.41) is 10.1. The summed E-state index contributed by atoms with van der Waals surface area (Å²) in [5.74, 6) is -0.531. The molecule has 0 aromatic heterocycles. The van der Waals surface area contributed by atoms with E-state index in [4.69, 9.17) is 9.47 Å². The zero-order chi connectivity index (χ0) is 16.8. The van der Waals surface area contributed by atoms with Crippen LogP contribution in [0, 0.1) is 0 Å². The second-order valence-corrected chi connectivity index (χ2v) is 4.89. The molecule has 0 bridgehead atoms. The highest BCUT2D eigenvalue weighted by atomic mass is 16.5. The Morgan fingerprint density at radius 3 is 2.43 bits per heavy atom. The molecule has 0 aliphatic heterocycles. The van der Waals surface area contributed by atoms with Gasteiger partial charge in [-0.3, -0.25) is 9.59 Å². The van der Waals surface area contributed by atoms with Gasteiger partial charge in [0.05, 0.1) is 12.2 Å². The van der Waals surface area contributed by atoms with Crippen molar-refractivity contribution in [1.29, 1.82) is 0 Å². The Morgan fingerprint density at radius 1 is 1.13 bits per heavy atom. The minimum Gasteiger partial charge on any atom is -0.507 e. The fourth-order valence-corrected chi connectivity index (χ4v) is 2.12. The Bertz CT molecular complexity index is 707. The van der Waals surface area contributed by atoms with Gasteiger partial charge in [0.25, 0.3) is 0 Å². The lowest BCUT2D eigenvalue weighted by Gasteiger charge is -2.13. The van der Waals surface area contributed by atoms with Crippen molar-refractivity contribution in [3.63, 3.8) is 0 Å². The van der Waals surface area contributed by atoms with Gasteiger partial charge in [-0.25, -0.2) is 0 Å². The maximum Gasteiger partial charge on any atom is 0.302 e. The molecule has 0 amide bonds. The molecule has 0 saturated heterocycles. The quantitative estimate of drug-likeness (QED) is 0.655. The van der Waals surface area contributed by atoms with Crippen molar-refractivity contribution in [1.82, 2.24) is 0 Å². The third-order valence-corrected chi connectivity index (χ3v) is 3.19. The third-order valence-electron chi connectivity index (χ3n) is 3.19. The molecule has 1 N–H and O–H groups in total. The molecule has 0 aliphatic carbocycles. The van der Waals surface area contributed by atoms with Crippen LogP contribution in [0.4, 0.5) is 0 Å². The maximum absolute atomic E-state index is 12.5. The van der Waals surface area contributed by atoms with Crippen LogP contribution in [-0.4, -0.2) is 23.5 Å². The van der Waals surface area contributed by atoms with E-state index >= 15 is 0 Å². The van der Waals surface area contributed by atoms with Crippen molar-refractivity contribution >= 4 is 11.8 Å². The van der Waals surface area contributed by atoms with Gasteiger partial charge in [0.2, 0.25) is 0 Å². The number of phenols is 1. The third kappa shape index (κ3) is 4.10. The fraction of sp³-hybridized carbons (Fsp3) is 0.222. The molecular formula is C18H18O5. The van der Waals surface area contributed by atoms with E-state index in [1.807, 2.05) is 0 Å². The monoisotopic (exact) mass is 314 g/mol. The van der Waals surface area contributed by atoms with Crippen LogP contribution in [0.5, 0.6) is 11.5 Å². The topological polar surface area (TPSA) is 72.8 Å². The van der Waals surface area contributed by atoms with E-state index in [2.05, 4.69) is 0 Å². The van der Waals surface area contributed by atoms with Crippen molar-refractivity contribution < 1.29 is 24.2 Å². The molecule has 120 valence electrons. The number of benzene rings is 2. The summed E-state index contributed by atoms with van der Waals surface area (Å²) in [5.41, 5.74) is 1.13. The van der Waals surface area contributed by atoms with Crippen LogP contribution >= 0.6 is 0 Å². The number of rotatable bonds is 6. The molecule has 5 heteroatoms. The lowest BCUT2D eigenvalue weighted by Crippen LogP contribution is -2.07. The first-order valence-electron chi connectivity index (χ1n) is 7.24. The van der Waals surface area contributed by atoms with Gasteiger partial charge in [-0.2, -0.15) is 0 Å². The molecule has 0 saturated carbocycles. The van der Waals surface area contributed by atoms with Gasteiger partial charge in [-0.15, -0.1) is 0 Å². The van der Waals surface area contributed by atoms with Crippen molar-refractivity contribution in [2.75, 3.05) is 6.61 Å². The SMILES string of the molecule is CCOc1cc(O)c(C(=O)c2ccccc2)cc1COC(C)=O. The van der Waals surface area contributed by atoms with E-state index in [1.54, 1.807) is 37.3 Å². The second kappa shape index (κ2) is 7.45. The molecule has 0 aliphatic rings. The highest BCUT2D eigenvalue weighted by Crippen LogP contribution is 2.30. The second-order valence-electron chi connectivity index (χ2n) is 4.89. The smallest absolute Gasteiger partial charge is 0.302 e. The summed E-state index contributed by atoms with van der Waals surface area (Å²) in [6.45, 7) is 3.46. The van der Waals surface area contributed by atoms with Crippen LogP contribution in [0.15, 0.2) is 42.5 Å². The Hall–Kier alpha value is -2.82. The highest BCUT2D eigenvalue weighted by Gasteiger charge is 2.18. The number of aromatic hydroxyl groups is 1. The van der Waals surface area contributed by atoms with Crippen LogP contribution in [0.1, 0.15) is 35.3 Å². The van der Waals surface area contributed by atoms with E-state index < -0.39 is 5.97 Å². The minimum absolute atomic E-state index is 0.0278. The predicted molar refractivity (Wildman–Crippen MR) is 84.6 cm³/mol. The first-order valence-corrected chi connectivity index (χ1v) is 7.24. The summed E-state index contributed by atoms with van der Waals surface area (Å²) < 4.78 is 10.4. The van der Waals surface area contributed by atoms with Gasteiger partial charge in [-0.1, -0.05) is 30.3 Å². The van der Waals surface area contributed by atoms with Gasteiger partial charge in [0.15, 0.2) is 5.78 Å². The molecule has 23 heavy (non-hydrogen) atoms. The van der Waals surface area contributed by atoms with Crippen molar-refractivity contribution in [3.8, 4) is 11.5 Å². The lowest BCUT2D eigenvalue weighted by atomic mass is 10.00. The lowest BCUT2D eigenvalue weighted by molar-refractivity contribution is -0.142. The number of hydrogen-bond donors (Lipinski definition) is 1. The molecule has 0 spiro atoms. The first kappa shape index (κ1) is 16.5. The van der Waals surface area contributed by atoms with E-state index in [-0.39, 0.29) is 23.7 Å². The van der Waals surface area contributed by atoms with Gasteiger partial charge in [0, 0.05) is 24.1 Å². The standard InChI is InChI=1S/C18H18O5/c1-3-22-17-10-16(20)15(9-14(17)11-23-12(2)19)18(21)13-7-5-4-6-8-13/h4-10,20H,3,11H2,1-2H3. The summed E-state index contributed by atoms with van der Waals surface area (Å²) in [6.07, 6.45) is 0. The van der Waals surface area contributed by atoms with Gasteiger partial charge in [-0.05, 0) is 13.0 Å².